The summed E-state index contributed by atoms with van der Waals surface area (Å²) in [4.78, 5) is 0. The SMILES string of the molecule is C=CCOC[C@H]1OC=C(/C=N/O)[C@@H](OCC=C)[C@H]1OCC=C. The van der Waals surface area contributed by atoms with E-state index in [2.05, 4.69) is 24.9 Å². The summed E-state index contributed by atoms with van der Waals surface area (Å²) in [7, 11) is 0. The highest BCUT2D eigenvalue weighted by Gasteiger charge is 2.38. The zero-order valence-corrected chi connectivity index (χ0v) is 12.6. The Morgan fingerprint density at radius 1 is 1.14 bits per heavy atom. The number of hydrogen-bond donors (Lipinski definition) is 1. The Balaban J connectivity index is 2.89. The standard InChI is InChI=1S/C16H23NO5/c1-4-7-19-12-14-16(21-9-6-3)15(20-8-5-2)13(10-17-18)11-22-14/h4-6,10-11,14-16,18H,1-3,7-9,12H2/b17-10+/t14-,15-,16+/m1/s1. The van der Waals surface area contributed by atoms with Gasteiger partial charge in [-0.3, -0.25) is 0 Å². The quantitative estimate of drug-likeness (QED) is 0.208. The van der Waals surface area contributed by atoms with Gasteiger partial charge >= 0.3 is 0 Å². The van der Waals surface area contributed by atoms with E-state index in [0.29, 0.717) is 32.0 Å². The summed E-state index contributed by atoms with van der Waals surface area (Å²) in [6, 6.07) is 0. The zero-order valence-electron chi connectivity index (χ0n) is 12.6. The lowest BCUT2D eigenvalue weighted by atomic mass is 9.99. The normalized spacial score (nSPS) is 24.5. The van der Waals surface area contributed by atoms with Gasteiger partial charge in [-0.15, -0.1) is 19.7 Å². The molecule has 1 aliphatic rings. The lowest BCUT2D eigenvalue weighted by Gasteiger charge is -2.36. The average molecular weight is 309 g/mol. The molecule has 0 fully saturated rings. The molecule has 122 valence electrons. The minimum absolute atomic E-state index is 0.321. The minimum atomic E-state index is -0.458. The van der Waals surface area contributed by atoms with Crippen molar-refractivity contribution >= 4 is 6.21 Å². The Labute approximate surface area is 131 Å². The number of oxime groups is 1. The van der Waals surface area contributed by atoms with Crippen LogP contribution >= 0.6 is 0 Å². The molecule has 0 spiro atoms. The lowest BCUT2D eigenvalue weighted by Crippen LogP contribution is -2.48. The van der Waals surface area contributed by atoms with Crippen molar-refractivity contribution in [2.24, 2.45) is 5.16 Å². The zero-order chi connectivity index (χ0) is 16.2. The van der Waals surface area contributed by atoms with E-state index in [-0.39, 0.29) is 6.10 Å². The van der Waals surface area contributed by atoms with Crippen LogP contribution in [0.1, 0.15) is 0 Å². The van der Waals surface area contributed by atoms with Crippen LogP contribution in [0.15, 0.2) is 55.0 Å². The van der Waals surface area contributed by atoms with Gasteiger partial charge in [0.25, 0.3) is 0 Å². The third-order valence-corrected chi connectivity index (χ3v) is 2.90. The Morgan fingerprint density at radius 2 is 1.82 bits per heavy atom. The van der Waals surface area contributed by atoms with Gasteiger partial charge in [-0.2, -0.15) is 0 Å². The van der Waals surface area contributed by atoms with Gasteiger partial charge in [0.05, 0.1) is 38.9 Å². The second-order valence-electron chi connectivity index (χ2n) is 4.49. The molecule has 1 aliphatic heterocycles. The minimum Gasteiger partial charge on any atom is -0.492 e. The summed E-state index contributed by atoms with van der Waals surface area (Å²) < 4.78 is 22.6. The predicted octanol–water partition coefficient (Wildman–Crippen LogP) is 2.07. The van der Waals surface area contributed by atoms with Gasteiger partial charge < -0.3 is 24.2 Å². The summed E-state index contributed by atoms with van der Waals surface area (Å²) in [6.07, 6.45) is 6.45. The van der Waals surface area contributed by atoms with Crippen molar-refractivity contribution in [3.63, 3.8) is 0 Å². The number of hydrogen-bond acceptors (Lipinski definition) is 6. The van der Waals surface area contributed by atoms with E-state index in [1.807, 2.05) is 0 Å². The van der Waals surface area contributed by atoms with Crippen LogP contribution in [0.3, 0.4) is 0 Å². The summed E-state index contributed by atoms with van der Waals surface area (Å²) in [5, 5.41) is 11.8. The van der Waals surface area contributed by atoms with Crippen molar-refractivity contribution < 1.29 is 24.2 Å². The fraction of sp³-hybridized carbons (Fsp3) is 0.438. The van der Waals surface area contributed by atoms with Gasteiger partial charge in [-0.25, -0.2) is 0 Å². The van der Waals surface area contributed by atoms with E-state index >= 15 is 0 Å². The smallest absolute Gasteiger partial charge is 0.150 e. The fourth-order valence-electron chi connectivity index (χ4n) is 2.00. The van der Waals surface area contributed by atoms with Crippen molar-refractivity contribution in [2.75, 3.05) is 26.4 Å². The molecule has 0 aromatic heterocycles. The molecule has 0 aromatic carbocycles. The molecule has 22 heavy (non-hydrogen) atoms. The van der Waals surface area contributed by atoms with Crippen LogP contribution in [-0.2, 0) is 18.9 Å². The summed E-state index contributed by atoms with van der Waals surface area (Å²) in [5.41, 5.74) is 0.568. The first kappa shape index (κ1) is 18.2. The predicted molar refractivity (Wildman–Crippen MR) is 84.1 cm³/mol. The fourth-order valence-corrected chi connectivity index (χ4v) is 2.00. The Morgan fingerprint density at radius 3 is 2.45 bits per heavy atom. The third-order valence-electron chi connectivity index (χ3n) is 2.90. The first-order chi connectivity index (χ1) is 10.8. The van der Waals surface area contributed by atoms with Crippen LogP contribution in [0.4, 0.5) is 0 Å². The second-order valence-corrected chi connectivity index (χ2v) is 4.49. The summed E-state index contributed by atoms with van der Waals surface area (Å²) >= 11 is 0. The molecule has 3 atom stereocenters. The largest absolute Gasteiger partial charge is 0.492 e. The molecule has 0 saturated heterocycles. The molecule has 0 amide bonds. The molecule has 0 radical (unpaired) electrons. The first-order valence-corrected chi connectivity index (χ1v) is 6.95. The van der Waals surface area contributed by atoms with Gasteiger partial charge in [-0.05, 0) is 0 Å². The molecule has 6 nitrogen and oxygen atoms in total. The van der Waals surface area contributed by atoms with Gasteiger partial charge in [0.2, 0.25) is 0 Å². The van der Waals surface area contributed by atoms with E-state index < -0.39 is 12.2 Å². The van der Waals surface area contributed by atoms with Crippen LogP contribution < -0.4 is 0 Å². The maximum Gasteiger partial charge on any atom is 0.150 e. The van der Waals surface area contributed by atoms with Crippen molar-refractivity contribution in [3.05, 3.63) is 49.8 Å². The molecular weight excluding hydrogens is 286 g/mol. The van der Waals surface area contributed by atoms with Crippen LogP contribution in [0.25, 0.3) is 0 Å². The van der Waals surface area contributed by atoms with Crippen molar-refractivity contribution in [1.82, 2.24) is 0 Å². The van der Waals surface area contributed by atoms with E-state index in [0.717, 1.165) is 0 Å². The highest BCUT2D eigenvalue weighted by molar-refractivity contribution is 5.79. The Hall–Kier alpha value is -1.89. The lowest BCUT2D eigenvalue weighted by molar-refractivity contribution is -0.130. The topological polar surface area (TPSA) is 69.5 Å². The molecule has 0 aliphatic carbocycles. The van der Waals surface area contributed by atoms with E-state index in [4.69, 9.17) is 24.2 Å². The van der Waals surface area contributed by atoms with Crippen molar-refractivity contribution in [1.29, 1.82) is 0 Å². The van der Waals surface area contributed by atoms with Gasteiger partial charge in [0.15, 0.2) is 0 Å². The maximum absolute atomic E-state index is 8.77. The van der Waals surface area contributed by atoms with Crippen LogP contribution in [0.5, 0.6) is 0 Å². The molecular formula is C16H23NO5. The van der Waals surface area contributed by atoms with Gasteiger partial charge in [0.1, 0.15) is 18.3 Å². The summed E-state index contributed by atoms with van der Waals surface area (Å²) in [5.74, 6) is 0. The average Bonchev–Trinajstić information content (AvgIpc) is 2.53. The molecule has 1 heterocycles. The van der Waals surface area contributed by atoms with Gasteiger partial charge in [-0.1, -0.05) is 23.4 Å². The highest BCUT2D eigenvalue weighted by Crippen LogP contribution is 2.24. The monoisotopic (exact) mass is 309 g/mol. The molecule has 0 bridgehead atoms. The number of nitrogens with zero attached hydrogens (tertiary/aromatic N) is 1. The summed E-state index contributed by atoms with van der Waals surface area (Å²) in [6.45, 7) is 12.3. The number of rotatable bonds is 11. The van der Waals surface area contributed by atoms with Gasteiger partial charge in [0, 0.05) is 5.57 Å². The Kier molecular flexibility index (Phi) is 8.90. The van der Waals surface area contributed by atoms with Crippen LogP contribution in [-0.4, -0.2) is 56.2 Å². The van der Waals surface area contributed by atoms with E-state index in [1.165, 1.54) is 12.5 Å². The van der Waals surface area contributed by atoms with Crippen LogP contribution in [0.2, 0.25) is 0 Å². The highest BCUT2D eigenvalue weighted by atomic mass is 16.6. The molecule has 6 heteroatoms. The molecule has 0 saturated carbocycles. The van der Waals surface area contributed by atoms with Crippen molar-refractivity contribution in [3.8, 4) is 0 Å². The molecule has 0 unspecified atom stereocenters. The molecule has 1 N–H and O–H groups in total. The Bertz CT molecular complexity index is 419. The molecule has 1 rings (SSSR count). The van der Waals surface area contributed by atoms with Crippen LogP contribution in [0, 0.1) is 0 Å². The second kappa shape index (κ2) is 10.8. The van der Waals surface area contributed by atoms with Crippen molar-refractivity contribution in [2.45, 2.75) is 18.3 Å². The molecule has 0 aromatic rings. The third kappa shape index (κ3) is 5.48. The number of ether oxygens (including phenoxy) is 4. The van der Waals surface area contributed by atoms with E-state index in [1.54, 1.807) is 18.2 Å². The van der Waals surface area contributed by atoms with E-state index in [9.17, 15) is 0 Å². The first-order valence-electron chi connectivity index (χ1n) is 6.95. The maximum atomic E-state index is 8.77.